The Hall–Kier alpha value is -2.77. The zero-order valence-corrected chi connectivity index (χ0v) is 13.6. The van der Waals surface area contributed by atoms with Crippen LogP contribution in [0.25, 0.3) is 11.0 Å². The number of halogens is 2. The van der Waals surface area contributed by atoms with Crippen molar-refractivity contribution in [1.29, 1.82) is 0 Å². The number of hydrogen-bond acceptors (Lipinski definition) is 3. The van der Waals surface area contributed by atoms with Gasteiger partial charge in [0.15, 0.2) is 5.69 Å². The third-order valence-electron chi connectivity index (χ3n) is 4.51. The summed E-state index contributed by atoms with van der Waals surface area (Å²) in [5.41, 5.74) is 2.93. The molecule has 1 aliphatic heterocycles. The first-order valence-corrected chi connectivity index (χ1v) is 8.13. The molecule has 0 bridgehead atoms. The third kappa shape index (κ3) is 2.77. The Morgan fingerprint density at radius 2 is 2.20 bits per heavy atom. The summed E-state index contributed by atoms with van der Waals surface area (Å²) >= 11 is 0. The fourth-order valence-corrected chi connectivity index (χ4v) is 3.30. The minimum Gasteiger partial charge on any atom is -0.340 e. The van der Waals surface area contributed by atoms with E-state index in [-0.39, 0.29) is 17.6 Å². The standard InChI is InChI=1S/C17H17F2N5O/c1-10-4-5-11-13(9-10)21-15(20-11)14-3-2-7-23(14)16(25)12-6-8-24(22-12)17(18)19/h4-6,8-9,14,17H,2-3,7H2,1H3,(H,20,21)/t14-/m0/s1. The molecule has 4 rings (SSSR count). The maximum atomic E-state index is 12.7. The van der Waals surface area contributed by atoms with Crippen molar-refractivity contribution in [3.63, 3.8) is 0 Å². The van der Waals surface area contributed by atoms with Gasteiger partial charge in [-0.25, -0.2) is 9.67 Å². The first kappa shape index (κ1) is 15.7. The van der Waals surface area contributed by atoms with Crippen LogP contribution in [-0.4, -0.2) is 37.1 Å². The van der Waals surface area contributed by atoms with E-state index in [1.807, 2.05) is 25.1 Å². The highest BCUT2D eigenvalue weighted by Crippen LogP contribution is 2.32. The van der Waals surface area contributed by atoms with Gasteiger partial charge >= 0.3 is 6.55 Å². The number of amides is 1. The summed E-state index contributed by atoms with van der Waals surface area (Å²) in [6.07, 6.45) is 2.73. The van der Waals surface area contributed by atoms with Gasteiger partial charge in [-0.2, -0.15) is 13.9 Å². The normalized spacial score (nSPS) is 17.8. The number of fused-ring (bicyclic) bond motifs is 1. The number of benzene rings is 1. The molecular formula is C17H17F2N5O. The predicted octanol–water partition coefficient (Wildman–Crippen LogP) is 3.44. The molecule has 0 spiro atoms. The van der Waals surface area contributed by atoms with Crippen LogP contribution in [-0.2, 0) is 0 Å². The molecule has 3 aromatic rings. The lowest BCUT2D eigenvalue weighted by molar-refractivity contribution is 0.0549. The molecule has 1 aromatic carbocycles. The highest BCUT2D eigenvalue weighted by molar-refractivity contribution is 5.92. The maximum Gasteiger partial charge on any atom is 0.333 e. The number of carbonyl (C=O) groups excluding carboxylic acids is 1. The number of imidazole rings is 1. The molecule has 0 unspecified atom stereocenters. The van der Waals surface area contributed by atoms with Gasteiger partial charge in [-0.05, 0) is 43.5 Å². The van der Waals surface area contributed by atoms with Crippen molar-refractivity contribution in [3.05, 3.63) is 47.5 Å². The molecule has 8 heteroatoms. The van der Waals surface area contributed by atoms with Gasteiger partial charge in [-0.15, -0.1) is 0 Å². The van der Waals surface area contributed by atoms with E-state index in [0.29, 0.717) is 11.2 Å². The summed E-state index contributed by atoms with van der Waals surface area (Å²) in [5, 5.41) is 3.68. The van der Waals surface area contributed by atoms with Gasteiger partial charge in [0.2, 0.25) is 0 Å². The van der Waals surface area contributed by atoms with Gasteiger partial charge in [0, 0.05) is 12.7 Å². The first-order chi connectivity index (χ1) is 12.0. The molecule has 25 heavy (non-hydrogen) atoms. The zero-order valence-electron chi connectivity index (χ0n) is 13.6. The van der Waals surface area contributed by atoms with Crippen LogP contribution in [0.2, 0.25) is 0 Å². The third-order valence-corrected chi connectivity index (χ3v) is 4.51. The molecule has 1 atom stereocenters. The minimum absolute atomic E-state index is 0.0270. The number of nitrogens with zero attached hydrogens (tertiary/aromatic N) is 4. The van der Waals surface area contributed by atoms with Crippen molar-refractivity contribution in [1.82, 2.24) is 24.6 Å². The van der Waals surface area contributed by atoms with Gasteiger partial charge in [-0.3, -0.25) is 4.79 Å². The van der Waals surface area contributed by atoms with E-state index in [1.165, 1.54) is 6.07 Å². The quantitative estimate of drug-likeness (QED) is 0.791. The van der Waals surface area contributed by atoms with Crippen LogP contribution in [0.15, 0.2) is 30.5 Å². The average molecular weight is 345 g/mol. The summed E-state index contributed by atoms with van der Waals surface area (Å²) < 4.78 is 25.8. The van der Waals surface area contributed by atoms with Gasteiger partial charge in [0.1, 0.15) is 5.82 Å². The van der Waals surface area contributed by atoms with Gasteiger partial charge in [0.05, 0.1) is 17.1 Å². The van der Waals surface area contributed by atoms with Crippen LogP contribution in [0.5, 0.6) is 0 Å². The number of aryl methyl sites for hydroxylation is 1. The Bertz CT molecular complexity index is 932. The number of hydrogen-bond donors (Lipinski definition) is 1. The van der Waals surface area contributed by atoms with E-state index in [1.54, 1.807) is 4.90 Å². The fourth-order valence-electron chi connectivity index (χ4n) is 3.30. The molecule has 0 radical (unpaired) electrons. The van der Waals surface area contributed by atoms with Gasteiger partial charge in [0.25, 0.3) is 5.91 Å². The number of aromatic amines is 1. The van der Waals surface area contributed by atoms with Crippen molar-refractivity contribution in [3.8, 4) is 0 Å². The Morgan fingerprint density at radius 1 is 1.36 bits per heavy atom. The van der Waals surface area contributed by atoms with Crippen LogP contribution >= 0.6 is 0 Å². The number of carbonyl (C=O) groups is 1. The summed E-state index contributed by atoms with van der Waals surface area (Å²) in [6, 6.07) is 7.07. The molecule has 1 fully saturated rings. The molecular weight excluding hydrogens is 328 g/mol. The maximum absolute atomic E-state index is 12.7. The minimum atomic E-state index is -2.76. The van der Waals surface area contributed by atoms with Crippen molar-refractivity contribution in [2.45, 2.75) is 32.4 Å². The van der Waals surface area contributed by atoms with E-state index < -0.39 is 6.55 Å². The van der Waals surface area contributed by atoms with Crippen LogP contribution in [0.1, 0.15) is 47.3 Å². The molecule has 1 amide bonds. The van der Waals surface area contributed by atoms with E-state index in [0.717, 1.165) is 41.5 Å². The second-order valence-electron chi connectivity index (χ2n) is 6.26. The Morgan fingerprint density at radius 3 is 2.96 bits per heavy atom. The number of alkyl halides is 2. The molecule has 0 aliphatic carbocycles. The lowest BCUT2D eigenvalue weighted by atomic mass is 10.2. The number of rotatable bonds is 3. The second-order valence-corrected chi connectivity index (χ2v) is 6.26. The summed E-state index contributed by atoms with van der Waals surface area (Å²) in [6.45, 7) is -0.194. The lowest BCUT2D eigenvalue weighted by Crippen LogP contribution is -2.31. The van der Waals surface area contributed by atoms with Crippen LogP contribution < -0.4 is 0 Å². The smallest absolute Gasteiger partial charge is 0.333 e. The topological polar surface area (TPSA) is 66.8 Å². The number of likely N-dealkylation sites (tertiary alicyclic amines) is 1. The Kier molecular flexibility index (Phi) is 3.74. The summed E-state index contributed by atoms with van der Waals surface area (Å²) in [7, 11) is 0. The largest absolute Gasteiger partial charge is 0.340 e. The monoisotopic (exact) mass is 345 g/mol. The van der Waals surface area contributed by atoms with Crippen molar-refractivity contribution < 1.29 is 13.6 Å². The number of H-pyrrole nitrogens is 1. The van der Waals surface area contributed by atoms with Gasteiger partial charge in [-0.1, -0.05) is 6.07 Å². The first-order valence-electron chi connectivity index (χ1n) is 8.13. The number of nitrogens with one attached hydrogen (secondary N) is 1. The molecule has 3 heterocycles. The van der Waals surface area contributed by atoms with E-state index in [9.17, 15) is 13.6 Å². The molecule has 1 saturated heterocycles. The molecule has 6 nitrogen and oxygen atoms in total. The number of aromatic nitrogens is 4. The fraction of sp³-hybridized carbons (Fsp3) is 0.353. The van der Waals surface area contributed by atoms with E-state index in [4.69, 9.17) is 0 Å². The molecule has 130 valence electrons. The SMILES string of the molecule is Cc1ccc2nc([C@@H]3CCCN3C(=O)c3ccn(C(F)F)n3)[nH]c2c1. The second kappa shape index (κ2) is 5.94. The van der Waals surface area contributed by atoms with Crippen molar-refractivity contribution in [2.24, 2.45) is 0 Å². The van der Waals surface area contributed by atoms with Crippen molar-refractivity contribution in [2.75, 3.05) is 6.54 Å². The molecule has 2 aromatic heterocycles. The molecule has 0 saturated carbocycles. The Labute approximate surface area is 142 Å². The van der Waals surface area contributed by atoms with E-state index >= 15 is 0 Å². The average Bonchev–Trinajstić information content (AvgIpc) is 3.31. The van der Waals surface area contributed by atoms with E-state index in [2.05, 4.69) is 15.1 Å². The predicted molar refractivity (Wildman–Crippen MR) is 87.3 cm³/mol. The molecule has 1 N–H and O–H groups in total. The highest BCUT2D eigenvalue weighted by Gasteiger charge is 2.33. The highest BCUT2D eigenvalue weighted by atomic mass is 19.3. The van der Waals surface area contributed by atoms with Crippen LogP contribution in [0.3, 0.4) is 0 Å². The zero-order chi connectivity index (χ0) is 17.6. The summed E-state index contributed by atoms with van der Waals surface area (Å²) in [4.78, 5) is 22.2. The summed E-state index contributed by atoms with van der Waals surface area (Å²) in [5.74, 6) is 0.373. The van der Waals surface area contributed by atoms with Crippen LogP contribution in [0.4, 0.5) is 8.78 Å². The lowest BCUT2D eigenvalue weighted by Gasteiger charge is -2.22. The van der Waals surface area contributed by atoms with Gasteiger partial charge < -0.3 is 9.88 Å². The Balaban J connectivity index is 1.63. The molecule has 1 aliphatic rings. The van der Waals surface area contributed by atoms with Crippen LogP contribution in [0, 0.1) is 6.92 Å². The van der Waals surface area contributed by atoms with Crippen molar-refractivity contribution >= 4 is 16.9 Å².